The Kier molecular flexibility index (Phi) is 2.07. The molecule has 5 heteroatoms. The number of fused-ring (bicyclic) bond motifs is 1. The van der Waals surface area contributed by atoms with Gasteiger partial charge in [0, 0.05) is 6.07 Å². The zero-order valence-corrected chi connectivity index (χ0v) is 7.49. The van der Waals surface area contributed by atoms with Crippen molar-refractivity contribution in [3.05, 3.63) is 27.7 Å². The summed E-state index contributed by atoms with van der Waals surface area (Å²) in [5.74, 6) is -1.16. The number of aryl methyl sites for hydroxylation is 1. The van der Waals surface area contributed by atoms with E-state index in [0.29, 0.717) is 19.3 Å². The minimum Gasteiger partial charge on any atom is -0.481 e. The molecule has 5 nitrogen and oxygen atoms in total. The summed E-state index contributed by atoms with van der Waals surface area (Å²) < 4.78 is 0. The van der Waals surface area contributed by atoms with Gasteiger partial charge in [-0.05, 0) is 24.8 Å². The van der Waals surface area contributed by atoms with E-state index in [1.54, 1.807) is 0 Å². The molecule has 0 aromatic carbocycles. The zero-order chi connectivity index (χ0) is 10.1. The molecule has 0 bridgehead atoms. The molecule has 0 unspecified atom stereocenters. The van der Waals surface area contributed by atoms with Gasteiger partial charge in [-0.3, -0.25) is 9.59 Å². The molecule has 1 aliphatic rings. The van der Waals surface area contributed by atoms with Crippen molar-refractivity contribution in [2.24, 2.45) is 5.92 Å². The average molecular weight is 194 g/mol. The lowest BCUT2D eigenvalue weighted by molar-refractivity contribution is -0.142. The zero-order valence-electron chi connectivity index (χ0n) is 7.49. The minimum absolute atomic E-state index is 0.269. The molecule has 1 aromatic heterocycles. The molecule has 0 amide bonds. The SMILES string of the molecule is O=C(O)[C@@H]1CCc2n[nH]c(=O)cc2C1. The number of nitrogens with one attached hydrogen (secondary N) is 1. The second-order valence-corrected chi connectivity index (χ2v) is 3.48. The summed E-state index contributed by atoms with van der Waals surface area (Å²) in [6.07, 6.45) is 1.64. The third-order valence-electron chi connectivity index (χ3n) is 2.52. The van der Waals surface area contributed by atoms with Crippen LogP contribution in [0, 0.1) is 5.92 Å². The number of nitrogens with zero attached hydrogens (tertiary/aromatic N) is 1. The average Bonchev–Trinajstić information content (AvgIpc) is 2.16. The number of aliphatic carboxylic acids is 1. The molecule has 0 aliphatic heterocycles. The summed E-state index contributed by atoms with van der Waals surface area (Å²) in [4.78, 5) is 21.7. The molecule has 1 heterocycles. The Bertz CT molecular complexity index is 424. The largest absolute Gasteiger partial charge is 0.481 e. The molecular formula is C9H10N2O3. The standard InChI is InChI=1S/C9H10N2O3/c12-8-4-6-3-5(9(13)14)1-2-7(6)10-11-8/h4-5H,1-3H2,(H,11,12)(H,13,14)/t5-/m1/s1. The van der Waals surface area contributed by atoms with Crippen molar-refractivity contribution < 1.29 is 9.90 Å². The number of hydrogen-bond donors (Lipinski definition) is 2. The number of hydrogen-bond acceptors (Lipinski definition) is 3. The van der Waals surface area contributed by atoms with Crippen molar-refractivity contribution in [3.8, 4) is 0 Å². The van der Waals surface area contributed by atoms with Crippen molar-refractivity contribution in [1.82, 2.24) is 10.2 Å². The van der Waals surface area contributed by atoms with Crippen LogP contribution in [0.5, 0.6) is 0 Å². The molecule has 2 rings (SSSR count). The van der Waals surface area contributed by atoms with Crippen molar-refractivity contribution in [2.75, 3.05) is 0 Å². The first-order valence-corrected chi connectivity index (χ1v) is 4.47. The Morgan fingerprint density at radius 1 is 1.64 bits per heavy atom. The van der Waals surface area contributed by atoms with Crippen LogP contribution in [-0.4, -0.2) is 21.3 Å². The highest BCUT2D eigenvalue weighted by molar-refractivity contribution is 5.70. The van der Waals surface area contributed by atoms with Gasteiger partial charge >= 0.3 is 5.97 Å². The Balaban J connectivity index is 2.33. The molecular weight excluding hydrogens is 184 g/mol. The normalized spacial score (nSPS) is 20.1. The third kappa shape index (κ3) is 1.53. The van der Waals surface area contributed by atoms with Crippen LogP contribution < -0.4 is 5.56 Å². The van der Waals surface area contributed by atoms with E-state index in [2.05, 4.69) is 10.2 Å². The molecule has 0 saturated heterocycles. The van der Waals surface area contributed by atoms with Crippen LogP contribution in [0.4, 0.5) is 0 Å². The van der Waals surface area contributed by atoms with E-state index in [1.807, 2.05) is 0 Å². The van der Waals surface area contributed by atoms with Gasteiger partial charge in [0.2, 0.25) is 0 Å². The van der Waals surface area contributed by atoms with E-state index in [1.165, 1.54) is 6.07 Å². The van der Waals surface area contributed by atoms with Gasteiger partial charge in [-0.2, -0.15) is 5.10 Å². The summed E-state index contributed by atoms with van der Waals surface area (Å²) in [7, 11) is 0. The Hall–Kier alpha value is -1.65. The second kappa shape index (κ2) is 3.25. The van der Waals surface area contributed by atoms with Crippen molar-refractivity contribution in [3.63, 3.8) is 0 Å². The van der Waals surface area contributed by atoms with Gasteiger partial charge in [0.1, 0.15) is 0 Å². The Labute approximate surface area is 79.8 Å². The van der Waals surface area contributed by atoms with Crippen LogP contribution in [0.25, 0.3) is 0 Å². The predicted molar refractivity (Wildman–Crippen MR) is 48.0 cm³/mol. The maximum atomic E-state index is 11.0. The summed E-state index contributed by atoms with van der Waals surface area (Å²) in [5.41, 5.74) is 1.32. The number of rotatable bonds is 1. The van der Waals surface area contributed by atoms with Gasteiger partial charge < -0.3 is 5.11 Å². The van der Waals surface area contributed by atoms with Crippen LogP contribution in [0.2, 0.25) is 0 Å². The fourth-order valence-electron chi connectivity index (χ4n) is 1.75. The lowest BCUT2D eigenvalue weighted by atomic mass is 9.87. The number of aromatic amines is 1. The minimum atomic E-state index is -0.795. The van der Waals surface area contributed by atoms with E-state index >= 15 is 0 Å². The molecule has 14 heavy (non-hydrogen) atoms. The molecule has 0 fully saturated rings. The number of carboxylic acid groups (broad SMARTS) is 1. The molecule has 1 aromatic rings. The molecule has 74 valence electrons. The molecule has 1 aliphatic carbocycles. The van der Waals surface area contributed by atoms with Crippen molar-refractivity contribution >= 4 is 5.97 Å². The number of aromatic nitrogens is 2. The fourth-order valence-corrected chi connectivity index (χ4v) is 1.75. The second-order valence-electron chi connectivity index (χ2n) is 3.48. The predicted octanol–water partition coefficient (Wildman–Crippen LogP) is -0.0406. The van der Waals surface area contributed by atoms with Gasteiger partial charge in [-0.1, -0.05) is 0 Å². The first-order valence-electron chi connectivity index (χ1n) is 4.47. The third-order valence-corrected chi connectivity index (χ3v) is 2.52. The Morgan fingerprint density at radius 3 is 3.14 bits per heavy atom. The molecule has 0 spiro atoms. The van der Waals surface area contributed by atoms with E-state index in [-0.39, 0.29) is 11.5 Å². The highest BCUT2D eigenvalue weighted by Gasteiger charge is 2.25. The fraction of sp³-hybridized carbons (Fsp3) is 0.444. The molecule has 2 N–H and O–H groups in total. The van der Waals surface area contributed by atoms with Crippen LogP contribution in [0.15, 0.2) is 10.9 Å². The molecule has 0 radical (unpaired) electrons. The number of carboxylic acids is 1. The van der Waals surface area contributed by atoms with E-state index in [4.69, 9.17) is 5.11 Å². The maximum absolute atomic E-state index is 11.0. The quantitative estimate of drug-likeness (QED) is 0.657. The van der Waals surface area contributed by atoms with E-state index in [9.17, 15) is 9.59 Å². The lowest BCUT2D eigenvalue weighted by Crippen LogP contribution is -2.25. The van der Waals surface area contributed by atoms with Crippen LogP contribution >= 0.6 is 0 Å². The van der Waals surface area contributed by atoms with Crippen molar-refractivity contribution in [2.45, 2.75) is 19.3 Å². The topological polar surface area (TPSA) is 83.0 Å². The van der Waals surface area contributed by atoms with Crippen molar-refractivity contribution in [1.29, 1.82) is 0 Å². The number of H-pyrrole nitrogens is 1. The lowest BCUT2D eigenvalue weighted by Gasteiger charge is -2.19. The van der Waals surface area contributed by atoms with Crippen LogP contribution in [0.3, 0.4) is 0 Å². The van der Waals surface area contributed by atoms with Crippen LogP contribution in [-0.2, 0) is 17.6 Å². The maximum Gasteiger partial charge on any atom is 0.306 e. The van der Waals surface area contributed by atoms with Crippen LogP contribution in [0.1, 0.15) is 17.7 Å². The van der Waals surface area contributed by atoms with Gasteiger partial charge in [-0.25, -0.2) is 5.10 Å². The first kappa shape index (κ1) is 8.93. The molecule has 1 atom stereocenters. The monoisotopic (exact) mass is 194 g/mol. The highest BCUT2D eigenvalue weighted by atomic mass is 16.4. The van der Waals surface area contributed by atoms with E-state index < -0.39 is 5.97 Å². The summed E-state index contributed by atoms with van der Waals surface area (Å²) >= 11 is 0. The van der Waals surface area contributed by atoms with Gasteiger partial charge in [0.15, 0.2) is 0 Å². The summed E-state index contributed by atoms with van der Waals surface area (Å²) in [6.45, 7) is 0. The highest BCUT2D eigenvalue weighted by Crippen LogP contribution is 2.22. The van der Waals surface area contributed by atoms with Gasteiger partial charge in [0.25, 0.3) is 5.56 Å². The Morgan fingerprint density at radius 2 is 2.43 bits per heavy atom. The van der Waals surface area contributed by atoms with E-state index in [0.717, 1.165) is 11.3 Å². The van der Waals surface area contributed by atoms with Gasteiger partial charge in [-0.15, -0.1) is 0 Å². The summed E-state index contributed by atoms with van der Waals surface area (Å²) in [5, 5.41) is 15.1. The number of carbonyl (C=O) groups is 1. The summed E-state index contributed by atoms with van der Waals surface area (Å²) in [6, 6.07) is 1.44. The first-order chi connectivity index (χ1) is 6.66. The molecule has 0 saturated carbocycles. The smallest absolute Gasteiger partial charge is 0.306 e. The van der Waals surface area contributed by atoms with Gasteiger partial charge in [0.05, 0.1) is 11.6 Å².